The van der Waals surface area contributed by atoms with E-state index >= 15 is 0 Å². The van der Waals surface area contributed by atoms with Gasteiger partial charge in [0.2, 0.25) is 5.91 Å². The summed E-state index contributed by atoms with van der Waals surface area (Å²) in [5.74, 6) is 0.194. The summed E-state index contributed by atoms with van der Waals surface area (Å²) in [6.45, 7) is 10.6. The van der Waals surface area contributed by atoms with E-state index in [2.05, 4.69) is 50.1 Å². The topological polar surface area (TPSA) is 52.6 Å². The SMILES string of the molecule is CCCCCC[C@@H](O)CC=CCCCCCCCC(=O)NC(CC)N(CC)CC. The van der Waals surface area contributed by atoms with Crippen molar-refractivity contribution < 1.29 is 9.90 Å². The van der Waals surface area contributed by atoms with Crippen LogP contribution in [0, 0.1) is 0 Å². The molecular formula is C25H50N2O2. The van der Waals surface area contributed by atoms with Crippen molar-refractivity contribution in [3.05, 3.63) is 12.2 Å². The second-order valence-corrected chi connectivity index (χ2v) is 8.23. The van der Waals surface area contributed by atoms with E-state index in [0.29, 0.717) is 6.42 Å². The van der Waals surface area contributed by atoms with Crippen molar-refractivity contribution in [3.8, 4) is 0 Å². The number of nitrogens with zero attached hydrogens (tertiary/aromatic N) is 1. The third kappa shape index (κ3) is 16.6. The van der Waals surface area contributed by atoms with Crippen molar-refractivity contribution in [2.75, 3.05) is 13.1 Å². The normalized spacial score (nSPS) is 13.9. The molecule has 1 unspecified atom stereocenters. The van der Waals surface area contributed by atoms with Gasteiger partial charge >= 0.3 is 0 Å². The summed E-state index contributed by atoms with van der Waals surface area (Å²) in [7, 11) is 0. The van der Waals surface area contributed by atoms with Crippen LogP contribution >= 0.6 is 0 Å². The molecule has 0 fully saturated rings. The van der Waals surface area contributed by atoms with Gasteiger partial charge in [-0.1, -0.05) is 84.8 Å². The number of carbonyl (C=O) groups is 1. The number of allylic oxidation sites excluding steroid dienone is 1. The predicted molar refractivity (Wildman–Crippen MR) is 126 cm³/mol. The average molecular weight is 411 g/mol. The maximum Gasteiger partial charge on any atom is 0.221 e. The molecule has 0 rings (SSSR count). The van der Waals surface area contributed by atoms with E-state index in [1.165, 1.54) is 38.5 Å². The van der Waals surface area contributed by atoms with Gasteiger partial charge in [0.05, 0.1) is 12.3 Å². The smallest absolute Gasteiger partial charge is 0.221 e. The van der Waals surface area contributed by atoms with Crippen LogP contribution in [-0.2, 0) is 4.79 Å². The molecule has 2 atom stereocenters. The zero-order valence-corrected chi connectivity index (χ0v) is 19.9. The van der Waals surface area contributed by atoms with Crippen molar-refractivity contribution in [3.63, 3.8) is 0 Å². The molecule has 0 spiro atoms. The molecule has 2 N–H and O–H groups in total. The Kier molecular flexibility index (Phi) is 19.8. The van der Waals surface area contributed by atoms with Gasteiger partial charge in [0, 0.05) is 6.42 Å². The first-order chi connectivity index (χ1) is 14.1. The zero-order chi connectivity index (χ0) is 21.7. The summed E-state index contributed by atoms with van der Waals surface area (Å²) in [5, 5.41) is 13.1. The molecule has 0 aromatic heterocycles. The molecule has 0 saturated heterocycles. The first kappa shape index (κ1) is 28.1. The number of amides is 1. The minimum Gasteiger partial charge on any atom is -0.393 e. The molecule has 172 valence electrons. The van der Waals surface area contributed by atoms with Gasteiger partial charge in [-0.05, 0) is 51.6 Å². The molecule has 0 bridgehead atoms. The van der Waals surface area contributed by atoms with Crippen LogP contribution in [0.25, 0.3) is 0 Å². The number of hydrogen-bond acceptors (Lipinski definition) is 3. The summed E-state index contributed by atoms with van der Waals surface area (Å²) in [4.78, 5) is 14.4. The summed E-state index contributed by atoms with van der Waals surface area (Å²) in [5.41, 5.74) is 0. The second kappa shape index (κ2) is 20.4. The van der Waals surface area contributed by atoms with Crippen LogP contribution in [0.5, 0.6) is 0 Å². The molecule has 0 heterocycles. The van der Waals surface area contributed by atoms with E-state index in [9.17, 15) is 9.90 Å². The number of hydrogen-bond donors (Lipinski definition) is 2. The Bertz CT molecular complexity index is 394. The lowest BCUT2D eigenvalue weighted by Gasteiger charge is -2.29. The monoisotopic (exact) mass is 410 g/mol. The van der Waals surface area contributed by atoms with Crippen LogP contribution in [0.15, 0.2) is 12.2 Å². The standard InChI is InChI=1S/C25H50N2O2/c1-5-9-10-17-20-23(28)21-18-15-13-11-12-14-16-19-22-25(29)26-24(6-2)27(7-3)8-4/h15,18,23-24,28H,5-14,16-17,19-22H2,1-4H3,(H,26,29)/t23-,24?/m1/s1. The predicted octanol–water partition coefficient (Wildman–Crippen LogP) is 6.19. The van der Waals surface area contributed by atoms with Crippen LogP contribution in [-0.4, -0.2) is 41.3 Å². The Labute approximate surface area is 181 Å². The van der Waals surface area contributed by atoms with E-state index in [-0.39, 0.29) is 18.2 Å². The average Bonchev–Trinajstić information content (AvgIpc) is 2.72. The Hall–Kier alpha value is -0.870. The highest BCUT2D eigenvalue weighted by Crippen LogP contribution is 2.11. The number of aliphatic hydroxyl groups excluding tert-OH is 1. The van der Waals surface area contributed by atoms with Gasteiger partial charge in [-0.3, -0.25) is 9.69 Å². The molecule has 0 aliphatic carbocycles. The minimum atomic E-state index is -0.164. The Morgan fingerprint density at radius 2 is 1.55 bits per heavy atom. The fourth-order valence-electron chi connectivity index (χ4n) is 3.75. The van der Waals surface area contributed by atoms with Gasteiger partial charge in [0.25, 0.3) is 0 Å². The lowest BCUT2D eigenvalue weighted by atomic mass is 10.1. The van der Waals surface area contributed by atoms with Gasteiger partial charge in [-0.2, -0.15) is 0 Å². The molecule has 0 aromatic carbocycles. The number of carbonyl (C=O) groups excluding carboxylic acids is 1. The maximum atomic E-state index is 12.1. The Morgan fingerprint density at radius 1 is 0.897 bits per heavy atom. The van der Waals surface area contributed by atoms with Gasteiger partial charge in [-0.15, -0.1) is 0 Å². The molecule has 29 heavy (non-hydrogen) atoms. The van der Waals surface area contributed by atoms with E-state index in [1.54, 1.807) is 0 Å². The highest BCUT2D eigenvalue weighted by atomic mass is 16.3. The van der Waals surface area contributed by atoms with Gasteiger partial charge in [0.1, 0.15) is 0 Å². The molecule has 1 amide bonds. The second-order valence-electron chi connectivity index (χ2n) is 8.23. The quantitative estimate of drug-likeness (QED) is 0.143. The van der Waals surface area contributed by atoms with Crippen molar-refractivity contribution in [2.24, 2.45) is 0 Å². The molecule has 0 aromatic rings. The molecule has 0 aliphatic heterocycles. The molecule has 4 heteroatoms. The highest BCUT2D eigenvalue weighted by Gasteiger charge is 2.15. The van der Waals surface area contributed by atoms with Gasteiger partial charge in [0.15, 0.2) is 0 Å². The van der Waals surface area contributed by atoms with Crippen LogP contribution in [0.2, 0.25) is 0 Å². The summed E-state index contributed by atoms with van der Waals surface area (Å²) in [6.07, 6.45) is 19.5. The van der Waals surface area contributed by atoms with Crippen LogP contribution in [0.3, 0.4) is 0 Å². The van der Waals surface area contributed by atoms with Crippen molar-refractivity contribution in [1.82, 2.24) is 10.2 Å². The first-order valence-corrected chi connectivity index (χ1v) is 12.4. The largest absolute Gasteiger partial charge is 0.393 e. The van der Waals surface area contributed by atoms with Crippen LogP contribution < -0.4 is 5.32 Å². The molecule has 4 nitrogen and oxygen atoms in total. The summed E-state index contributed by atoms with van der Waals surface area (Å²) >= 11 is 0. The van der Waals surface area contributed by atoms with E-state index in [4.69, 9.17) is 0 Å². The molecule has 0 radical (unpaired) electrons. The molecule has 0 saturated carbocycles. The van der Waals surface area contributed by atoms with Gasteiger partial charge in [-0.25, -0.2) is 0 Å². The first-order valence-electron chi connectivity index (χ1n) is 12.4. The van der Waals surface area contributed by atoms with E-state index < -0.39 is 0 Å². The van der Waals surface area contributed by atoms with Gasteiger partial charge < -0.3 is 10.4 Å². The van der Waals surface area contributed by atoms with E-state index in [0.717, 1.165) is 58.0 Å². The number of nitrogens with one attached hydrogen (secondary N) is 1. The number of unbranched alkanes of at least 4 members (excludes halogenated alkanes) is 8. The maximum absolute atomic E-state index is 12.1. The minimum absolute atomic E-state index is 0.164. The number of rotatable bonds is 20. The highest BCUT2D eigenvalue weighted by molar-refractivity contribution is 5.76. The fourth-order valence-corrected chi connectivity index (χ4v) is 3.75. The fraction of sp³-hybridized carbons (Fsp3) is 0.880. The van der Waals surface area contributed by atoms with Crippen LogP contribution in [0.1, 0.15) is 118 Å². The van der Waals surface area contributed by atoms with Crippen molar-refractivity contribution >= 4 is 5.91 Å². The van der Waals surface area contributed by atoms with E-state index in [1.807, 2.05) is 0 Å². The Morgan fingerprint density at radius 3 is 2.21 bits per heavy atom. The third-order valence-electron chi connectivity index (χ3n) is 5.71. The number of aliphatic hydroxyl groups is 1. The summed E-state index contributed by atoms with van der Waals surface area (Å²) < 4.78 is 0. The van der Waals surface area contributed by atoms with Crippen molar-refractivity contribution in [2.45, 2.75) is 130 Å². The lowest BCUT2D eigenvalue weighted by molar-refractivity contribution is -0.123. The van der Waals surface area contributed by atoms with Crippen molar-refractivity contribution in [1.29, 1.82) is 0 Å². The zero-order valence-electron chi connectivity index (χ0n) is 19.9. The molecule has 0 aliphatic rings. The molecular weight excluding hydrogens is 360 g/mol. The lowest BCUT2D eigenvalue weighted by Crippen LogP contribution is -2.47. The van der Waals surface area contributed by atoms with Crippen LogP contribution in [0.4, 0.5) is 0 Å². The third-order valence-corrected chi connectivity index (χ3v) is 5.71. The summed E-state index contributed by atoms with van der Waals surface area (Å²) in [6, 6.07) is 0. The Balaban J connectivity index is 3.59.